The Morgan fingerprint density at radius 3 is 1.06 bits per heavy atom. The Kier molecular flexibility index (Phi) is 8.44. The molecular weight excluding hydrogens is 440 g/mol. The van der Waals surface area contributed by atoms with Crippen LogP contribution in [0, 0.1) is 0 Å². The van der Waals surface area contributed by atoms with Gasteiger partial charge in [0.05, 0.1) is 7.59 Å². The Morgan fingerprint density at radius 1 is 0.706 bits per heavy atom. The normalized spacial score (nSPS) is 21.7. The van der Waals surface area contributed by atoms with Crippen LogP contribution in [0.1, 0.15) is 60.8 Å². The van der Waals surface area contributed by atoms with Crippen molar-refractivity contribution in [2.75, 3.05) is 0 Å². The SMILES string of the molecule is CCC(C)[Si](C(C)CC)(C(C)CC)[Si](Br)(Br)Br. The third kappa shape index (κ3) is 3.70. The van der Waals surface area contributed by atoms with Crippen molar-refractivity contribution in [1.29, 1.82) is 0 Å². The quantitative estimate of drug-likeness (QED) is 0.279. The predicted molar refractivity (Wildman–Crippen MR) is 97.4 cm³/mol. The van der Waals surface area contributed by atoms with Crippen molar-refractivity contribution in [3.05, 3.63) is 0 Å². The van der Waals surface area contributed by atoms with Gasteiger partial charge in [-0.2, -0.15) is 0 Å². The number of rotatable bonds is 7. The lowest BCUT2D eigenvalue weighted by molar-refractivity contribution is 0.709. The minimum Gasteiger partial charge on any atom is -0.1000 e. The molecule has 0 bridgehead atoms. The van der Waals surface area contributed by atoms with Gasteiger partial charge in [-0.3, -0.25) is 0 Å². The molecule has 0 aromatic heterocycles. The predicted octanol–water partition coefficient (Wildman–Crippen LogP) is 7.04. The zero-order valence-electron chi connectivity index (χ0n) is 12.0. The Morgan fingerprint density at radius 2 is 0.941 bits per heavy atom. The lowest BCUT2D eigenvalue weighted by atomic mass is 10.3. The Bertz CT molecular complexity index is 202. The smallest absolute Gasteiger partial charge is 0.1000 e. The van der Waals surface area contributed by atoms with Crippen molar-refractivity contribution in [2.45, 2.75) is 77.4 Å². The van der Waals surface area contributed by atoms with Gasteiger partial charge in [0.15, 0.2) is 0 Å². The second-order valence-corrected chi connectivity index (χ2v) is 42.9. The maximum Gasteiger partial charge on any atom is 0.255 e. The molecule has 0 aliphatic heterocycles. The van der Waals surface area contributed by atoms with Gasteiger partial charge in [0.25, 0.3) is 3.45 Å². The lowest BCUT2D eigenvalue weighted by Crippen LogP contribution is -2.60. The Balaban J connectivity index is 5.71. The molecule has 0 saturated heterocycles. The molecule has 3 atom stereocenters. The summed E-state index contributed by atoms with van der Waals surface area (Å²) in [6.07, 6.45) is 3.91. The molecule has 0 spiro atoms. The summed E-state index contributed by atoms with van der Waals surface area (Å²) in [6, 6.07) is 0. The van der Waals surface area contributed by atoms with E-state index in [4.69, 9.17) is 0 Å². The van der Waals surface area contributed by atoms with Crippen LogP contribution in [-0.2, 0) is 0 Å². The summed E-state index contributed by atoms with van der Waals surface area (Å²) in [5.74, 6) is 0. The van der Waals surface area contributed by atoms with Crippen molar-refractivity contribution in [3.8, 4) is 0 Å². The van der Waals surface area contributed by atoms with Gasteiger partial charge in [-0.05, 0) is 16.6 Å². The van der Waals surface area contributed by atoms with E-state index in [1.54, 1.807) is 0 Å². The van der Waals surface area contributed by atoms with Crippen LogP contribution in [0.3, 0.4) is 0 Å². The molecule has 5 heteroatoms. The third-order valence-corrected chi connectivity index (χ3v) is 37.8. The molecule has 0 nitrogen and oxygen atoms in total. The summed E-state index contributed by atoms with van der Waals surface area (Å²) in [7, 11) is -1.42. The fourth-order valence-corrected chi connectivity index (χ4v) is 48.4. The largest absolute Gasteiger partial charge is 0.255 e. The maximum atomic E-state index is 4.06. The second-order valence-electron chi connectivity index (χ2n) is 5.36. The molecule has 0 amide bonds. The van der Waals surface area contributed by atoms with Crippen LogP contribution < -0.4 is 0 Å². The van der Waals surface area contributed by atoms with E-state index in [-0.39, 0.29) is 0 Å². The van der Waals surface area contributed by atoms with Crippen molar-refractivity contribution in [2.24, 2.45) is 0 Å². The monoisotopic (exact) mass is 464 g/mol. The summed E-state index contributed by atoms with van der Waals surface area (Å²) >= 11 is 12.2. The van der Waals surface area contributed by atoms with Crippen molar-refractivity contribution < 1.29 is 0 Å². The van der Waals surface area contributed by atoms with E-state index in [0.29, 0.717) is 0 Å². The highest BCUT2D eigenvalue weighted by Crippen LogP contribution is 2.57. The van der Waals surface area contributed by atoms with Crippen LogP contribution in [0.5, 0.6) is 0 Å². The summed E-state index contributed by atoms with van der Waals surface area (Å²) in [6.45, 7) is 14.5. The van der Waals surface area contributed by atoms with Gasteiger partial charge in [0, 0.05) is 0 Å². The minimum atomic E-state index is -1.61. The molecule has 0 radical (unpaired) electrons. The number of hydrogen-bond donors (Lipinski definition) is 0. The van der Waals surface area contributed by atoms with Gasteiger partial charge in [0.2, 0.25) is 0 Å². The van der Waals surface area contributed by atoms with Gasteiger partial charge >= 0.3 is 0 Å². The van der Waals surface area contributed by atoms with Gasteiger partial charge in [-0.15, -0.1) is 0 Å². The molecular formula is C12H27Br3Si2. The topological polar surface area (TPSA) is 0 Å². The van der Waals surface area contributed by atoms with Gasteiger partial charge in [0.1, 0.15) is 0 Å². The molecule has 0 fully saturated rings. The highest BCUT2D eigenvalue weighted by molar-refractivity contribution is 9.74. The average Bonchev–Trinajstić information content (AvgIpc) is 2.26. The zero-order chi connectivity index (χ0) is 13.9. The first-order valence-electron chi connectivity index (χ1n) is 6.76. The molecule has 0 saturated carbocycles. The van der Waals surface area contributed by atoms with E-state index in [1.165, 1.54) is 19.3 Å². The molecule has 0 aromatic carbocycles. The third-order valence-electron chi connectivity index (χ3n) is 4.77. The molecule has 104 valence electrons. The molecule has 0 aliphatic rings. The van der Waals surface area contributed by atoms with E-state index >= 15 is 0 Å². The Hall–Kier alpha value is 1.87. The minimum absolute atomic E-state index is 0.859. The lowest BCUT2D eigenvalue weighted by Gasteiger charge is -2.50. The molecule has 0 heterocycles. The molecule has 0 aromatic rings. The van der Waals surface area contributed by atoms with Crippen LogP contribution in [0.2, 0.25) is 16.6 Å². The van der Waals surface area contributed by atoms with Crippen LogP contribution in [0.15, 0.2) is 0 Å². The summed E-state index contributed by atoms with van der Waals surface area (Å²) in [4.78, 5) is 0. The van der Waals surface area contributed by atoms with Crippen molar-refractivity contribution in [3.63, 3.8) is 0 Å². The molecule has 0 rings (SSSR count). The number of hydrogen-bond acceptors (Lipinski definition) is 0. The number of halogens is 3. The van der Waals surface area contributed by atoms with Gasteiger partial charge in [-0.25, -0.2) is 0 Å². The molecule has 0 aliphatic carbocycles. The van der Waals surface area contributed by atoms with E-state index in [1.807, 2.05) is 0 Å². The fourth-order valence-electron chi connectivity index (χ4n) is 3.31. The van der Waals surface area contributed by atoms with Crippen LogP contribution >= 0.6 is 45.9 Å². The summed E-state index contributed by atoms with van der Waals surface area (Å²) in [5.41, 5.74) is 2.58. The van der Waals surface area contributed by atoms with Gasteiger partial charge < -0.3 is 0 Å². The standard InChI is InChI=1S/C12H27Br3Si2/c1-7-10(4)16(11(5)8-2,12(6)9-3)17(13,14)15/h10-12H,7-9H2,1-6H3. The fraction of sp³-hybridized carbons (Fsp3) is 1.00. The summed E-state index contributed by atoms with van der Waals surface area (Å²) < 4.78 is -1.61. The van der Waals surface area contributed by atoms with Crippen LogP contribution in [-0.4, -0.2) is 11.0 Å². The second kappa shape index (κ2) is 7.60. The highest BCUT2D eigenvalue weighted by Gasteiger charge is 2.59. The van der Waals surface area contributed by atoms with E-state index in [9.17, 15) is 0 Å². The van der Waals surface area contributed by atoms with E-state index in [0.717, 1.165) is 16.6 Å². The van der Waals surface area contributed by atoms with E-state index in [2.05, 4.69) is 87.4 Å². The molecule has 0 N–H and O–H groups in total. The molecule has 17 heavy (non-hydrogen) atoms. The highest BCUT2D eigenvalue weighted by atomic mass is 80.0. The first-order chi connectivity index (χ1) is 7.69. The van der Waals surface area contributed by atoms with Crippen LogP contribution in [0.25, 0.3) is 0 Å². The van der Waals surface area contributed by atoms with Crippen molar-refractivity contribution in [1.82, 2.24) is 0 Å². The maximum absolute atomic E-state index is 4.06. The Labute approximate surface area is 133 Å². The first-order valence-corrected chi connectivity index (χ1v) is 18.8. The molecule has 3 unspecified atom stereocenters. The zero-order valence-corrected chi connectivity index (χ0v) is 18.7. The van der Waals surface area contributed by atoms with Crippen molar-refractivity contribution >= 4 is 56.9 Å². The first kappa shape index (κ1) is 18.9. The summed E-state index contributed by atoms with van der Waals surface area (Å²) in [5, 5.41) is 0. The van der Waals surface area contributed by atoms with E-state index < -0.39 is 11.0 Å². The average molecular weight is 467 g/mol. The van der Waals surface area contributed by atoms with Gasteiger partial charge in [-0.1, -0.05) is 107 Å². The van der Waals surface area contributed by atoms with Crippen LogP contribution in [0.4, 0.5) is 0 Å².